The van der Waals surface area contributed by atoms with Crippen LogP contribution < -0.4 is 10.9 Å². The fraction of sp³-hybridized carbons (Fsp3) is 0.143. The van der Waals surface area contributed by atoms with Gasteiger partial charge >= 0.3 is 6.03 Å². The molecule has 3 heterocycles. The molecule has 2 N–H and O–H groups in total. The lowest BCUT2D eigenvalue weighted by molar-refractivity contribution is 0.219. The number of aromatic nitrogens is 3. The number of amides is 2. The summed E-state index contributed by atoms with van der Waals surface area (Å²) in [6, 6.07) is 2.44. The van der Waals surface area contributed by atoms with E-state index in [9.17, 15) is 14.0 Å². The number of hydrogen-bond donors (Lipinski definition) is 2. The highest BCUT2D eigenvalue weighted by molar-refractivity contribution is 7.17. The summed E-state index contributed by atoms with van der Waals surface area (Å²) in [5, 5.41) is 4.30. The smallest absolute Gasteiger partial charge is 0.320 e. The second kappa shape index (κ2) is 6.13. The van der Waals surface area contributed by atoms with Crippen LogP contribution in [-0.2, 0) is 6.54 Å². The first-order valence-electron chi connectivity index (χ1n) is 6.62. The zero-order valence-corrected chi connectivity index (χ0v) is 12.9. The van der Waals surface area contributed by atoms with E-state index in [2.05, 4.69) is 20.3 Å². The van der Waals surface area contributed by atoms with Crippen molar-refractivity contribution < 1.29 is 9.18 Å². The summed E-state index contributed by atoms with van der Waals surface area (Å²) < 4.78 is 13.6. The van der Waals surface area contributed by atoms with Crippen LogP contribution >= 0.6 is 11.3 Å². The van der Waals surface area contributed by atoms with E-state index in [-0.39, 0.29) is 17.8 Å². The normalized spacial score (nSPS) is 10.7. The van der Waals surface area contributed by atoms with E-state index in [4.69, 9.17) is 0 Å². The molecule has 0 aromatic carbocycles. The number of rotatable bonds is 3. The molecule has 0 radical (unpaired) electrons. The highest BCUT2D eigenvalue weighted by atomic mass is 32.1. The average Bonchev–Trinajstić information content (AvgIpc) is 2.96. The summed E-state index contributed by atoms with van der Waals surface area (Å²) in [5.41, 5.74) is 0.608. The molecule has 23 heavy (non-hydrogen) atoms. The van der Waals surface area contributed by atoms with Crippen molar-refractivity contribution in [2.24, 2.45) is 0 Å². The molecule has 0 bridgehead atoms. The minimum atomic E-state index is -0.542. The van der Waals surface area contributed by atoms with E-state index >= 15 is 0 Å². The third kappa shape index (κ3) is 3.34. The van der Waals surface area contributed by atoms with Gasteiger partial charge in [0.25, 0.3) is 5.56 Å². The number of hydrogen-bond acceptors (Lipinski definition) is 5. The van der Waals surface area contributed by atoms with Crippen LogP contribution in [0.5, 0.6) is 0 Å². The standard InChI is InChI=1S/C14H12FN5O2S/c1-20(14(22)17-9-4-8(15)5-16-6-9)7-11-18-10-2-3-23-12(10)13(21)19-11/h2-6H,7H2,1H3,(H,17,22)(H,18,19,21). The Bertz CT molecular complexity index is 923. The molecule has 0 atom stereocenters. The van der Waals surface area contributed by atoms with Gasteiger partial charge in [0.1, 0.15) is 16.3 Å². The molecule has 2 amide bonds. The molecule has 7 nitrogen and oxygen atoms in total. The largest absolute Gasteiger partial charge is 0.322 e. The Kier molecular flexibility index (Phi) is 4.02. The predicted octanol–water partition coefficient (Wildman–Crippen LogP) is 2.18. The summed E-state index contributed by atoms with van der Waals surface area (Å²) in [4.78, 5) is 35.9. The number of nitrogens with one attached hydrogen (secondary N) is 2. The summed E-state index contributed by atoms with van der Waals surface area (Å²) in [5.74, 6) is -0.171. The Balaban J connectivity index is 1.73. The second-order valence-electron chi connectivity index (χ2n) is 4.83. The molecule has 0 aliphatic rings. The van der Waals surface area contributed by atoms with Crippen molar-refractivity contribution in [3.63, 3.8) is 0 Å². The van der Waals surface area contributed by atoms with E-state index in [0.29, 0.717) is 16.0 Å². The Morgan fingerprint density at radius 1 is 1.48 bits per heavy atom. The lowest BCUT2D eigenvalue weighted by atomic mass is 10.4. The van der Waals surface area contributed by atoms with Gasteiger partial charge in [0.05, 0.1) is 30.1 Å². The van der Waals surface area contributed by atoms with Gasteiger partial charge in [-0.25, -0.2) is 14.2 Å². The summed E-state index contributed by atoms with van der Waals surface area (Å²) in [6.07, 6.45) is 2.39. The first-order valence-corrected chi connectivity index (χ1v) is 7.50. The van der Waals surface area contributed by atoms with Crippen molar-refractivity contribution in [2.75, 3.05) is 12.4 Å². The summed E-state index contributed by atoms with van der Waals surface area (Å²) in [7, 11) is 1.54. The van der Waals surface area contributed by atoms with Crippen LogP contribution in [0.4, 0.5) is 14.9 Å². The number of nitrogens with zero attached hydrogens (tertiary/aromatic N) is 3. The first-order chi connectivity index (χ1) is 11.0. The molecule has 0 saturated carbocycles. The number of H-pyrrole nitrogens is 1. The maximum absolute atomic E-state index is 13.1. The van der Waals surface area contributed by atoms with Gasteiger partial charge in [-0.3, -0.25) is 9.78 Å². The average molecular weight is 333 g/mol. The quantitative estimate of drug-likeness (QED) is 0.768. The Labute approximate surface area is 133 Å². The molecule has 0 saturated heterocycles. The van der Waals surface area contributed by atoms with Gasteiger partial charge in [-0.2, -0.15) is 0 Å². The molecule has 9 heteroatoms. The van der Waals surface area contributed by atoms with E-state index in [1.807, 2.05) is 0 Å². The number of pyridine rings is 1. The molecule has 0 spiro atoms. The highest BCUT2D eigenvalue weighted by Gasteiger charge is 2.13. The number of fused-ring (bicyclic) bond motifs is 1. The van der Waals surface area contributed by atoms with Gasteiger partial charge < -0.3 is 15.2 Å². The fourth-order valence-corrected chi connectivity index (χ4v) is 2.72. The minimum Gasteiger partial charge on any atom is -0.320 e. The summed E-state index contributed by atoms with van der Waals surface area (Å²) in [6.45, 7) is 0.107. The maximum atomic E-state index is 13.1. The van der Waals surface area contributed by atoms with Crippen LogP contribution in [0.3, 0.4) is 0 Å². The molecule has 3 rings (SSSR count). The van der Waals surface area contributed by atoms with Gasteiger partial charge in [-0.1, -0.05) is 0 Å². The number of thiophene rings is 1. The number of urea groups is 1. The molecule has 0 fully saturated rings. The Morgan fingerprint density at radius 2 is 2.30 bits per heavy atom. The zero-order valence-electron chi connectivity index (χ0n) is 12.0. The molecule has 0 aliphatic carbocycles. The predicted molar refractivity (Wildman–Crippen MR) is 84.9 cm³/mol. The second-order valence-corrected chi connectivity index (χ2v) is 5.74. The van der Waals surface area contributed by atoms with Crippen molar-refractivity contribution in [1.29, 1.82) is 0 Å². The molecule has 0 aliphatic heterocycles. The minimum absolute atomic E-state index is 0.107. The van der Waals surface area contributed by atoms with Crippen molar-refractivity contribution >= 4 is 33.3 Å². The fourth-order valence-electron chi connectivity index (χ4n) is 1.99. The number of aromatic amines is 1. The van der Waals surface area contributed by atoms with E-state index in [1.165, 1.54) is 22.4 Å². The highest BCUT2D eigenvalue weighted by Crippen LogP contribution is 2.14. The molecule has 118 valence electrons. The summed E-state index contributed by atoms with van der Waals surface area (Å²) >= 11 is 1.31. The van der Waals surface area contributed by atoms with Crippen LogP contribution in [0, 0.1) is 5.82 Å². The molecule has 0 unspecified atom stereocenters. The number of anilines is 1. The van der Waals surface area contributed by atoms with Crippen LogP contribution in [0.2, 0.25) is 0 Å². The van der Waals surface area contributed by atoms with Gasteiger partial charge in [0, 0.05) is 13.1 Å². The van der Waals surface area contributed by atoms with Crippen LogP contribution in [0.1, 0.15) is 5.82 Å². The molecule has 3 aromatic heterocycles. The molecule has 3 aromatic rings. The van der Waals surface area contributed by atoms with Gasteiger partial charge in [-0.15, -0.1) is 11.3 Å². The topological polar surface area (TPSA) is 91.0 Å². The van der Waals surface area contributed by atoms with Crippen LogP contribution in [0.25, 0.3) is 10.2 Å². The van der Waals surface area contributed by atoms with Gasteiger partial charge in [0.15, 0.2) is 0 Å². The monoisotopic (exact) mass is 333 g/mol. The SMILES string of the molecule is CN(Cc1nc2ccsc2c(=O)[nH]1)C(=O)Nc1cncc(F)c1. The number of carbonyl (C=O) groups excluding carboxylic acids is 1. The molecular formula is C14H12FN5O2S. The number of halogens is 1. The van der Waals surface area contributed by atoms with Crippen molar-refractivity contribution in [1.82, 2.24) is 19.9 Å². The van der Waals surface area contributed by atoms with Crippen LogP contribution in [-0.4, -0.2) is 32.9 Å². The van der Waals surface area contributed by atoms with Gasteiger partial charge in [-0.05, 0) is 11.4 Å². The number of carbonyl (C=O) groups is 1. The lowest BCUT2D eigenvalue weighted by Gasteiger charge is -2.17. The zero-order chi connectivity index (χ0) is 16.4. The first kappa shape index (κ1) is 15.1. The van der Waals surface area contributed by atoms with Crippen molar-refractivity contribution in [2.45, 2.75) is 6.54 Å². The van der Waals surface area contributed by atoms with Gasteiger partial charge in [0.2, 0.25) is 0 Å². The molecular weight excluding hydrogens is 321 g/mol. The Hall–Kier alpha value is -2.81. The van der Waals surface area contributed by atoms with E-state index in [1.54, 1.807) is 18.5 Å². The third-order valence-corrected chi connectivity index (χ3v) is 3.96. The van der Waals surface area contributed by atoms with E-state index < -0.39 is 11.8 Å². The van der Waals surface area contributed by atoms with Crippen molar-refractivity contribution in [3.8, 4) is 0 Å². The third-order valence-electron chi connectivity index (χ3n) is 3.05. The van der Waals surface area contributed by atoms with Crippen molar-refractivity contribution in [3.05, 3.63) is 51.9 Å². The maximum Gasteiger partial charge on any atom is 0.322 e. The van der Waals surface area contributed by atoms with E-state index in [0.717, 1.165) is 12.3 Å². The Morgan fingerprint density at radius 3 is 3.09 bits per heavy atom. The van der Waals surface area contributed by atoms with Crippen LogP contribution in [0.15, 0.2) is 34.7 Å². The lowest BCUT2D eigenvalue weighted by Crippen LogP contribution is -2.32.